The molecule has 0 radical (unpaired) electrons. The van der Waals surface area contributed by atoms with E-state index in [9.17, 15) is 0 Å². The zero-order valence-corrected chi connectivity index (χ0v) is 15.2. The zero-order chi connectivity index (χ0) is 17.3. The fraction of sp³-hybridized carbons (Fsp3) is 0.550. The van der Waals surface area contributed by atoms with E-state index in [4.69, 9.17) is 4.74 Å². The third-order valence-corrected chi connectivity index (χ3v) is 5.50. The van der Waals surface area contributed by atoms with Gasteiger partial charge in [0.1, 0.15) is 5.82 Å². The fourth-order valence-corrected chi connectivity index (χ4v) is 4.27. The Kier molecular flexibility index (Phi) is 4.52. The number of hydrogen-bond acceptors (Lipinski definition) is 4. The Balaban J connectivity index is 1.38. The van der Waals surface area contributed by atoms with Crippen molar-refractivity contribution in [2.24, 2.45) is 7.05 Å². The second-order valence-corrected chi connectivity index (χ2v) is 7.68. The molecule has 3 heterocycles. The van der Waals surface area contributed by atoms with Gasteiger partial charge < -0.3 is 14.6 Å². The van der Waals surface area contributed by atoms with Gasteiger partial charge in [-0.05, 0) is 50.4 Å². The van der Waals surface area contributed by atoms with E-state index in [-0.39, 0.29) is 5.60 Å². The Bertz CT molecular complexity index is 728. The molecule has 0 aliphatic carbocycles. The van der Waals surface area contributed by atoms with Gasteiger partial charge in [-0.2, -0.15) is 0 Å². The summed E-state index contributed by atoms with van der Waals surface area (Å²) >= 11 is 0. The van der Waals surface area contributed by atoms with E-state index >= 15 is 0 Å². The molecule has 5 nitrogen and oxygen atoms in total. The molecule has 1 aromatic carbocycles. The molecule has 134 valence electrons. The highest BCUT2D eigenvalue weighted by molar-refractivity contribution is 5.46. The van der Waals surface area contributed by atoms with Crippen LogP contribution in [0.3, 0.4) is 0 Å². The van der Waals surface area contributed by atoms with Gasteiger partial charge >= 0.3 is 0 Å². The van der Waals surface area contributed by atoms with Gasteiger partial charge in [0.25, 0.3) is 0 Å². The summed E-state index contributed by atoms with van der Waals surface area (Å²) in [6, 6.07) is 8.99. The van der Waals surface area contributed by atoms with Gasteiger partial charge in [-0.3, -0.25) is 4.90 Å². The normalized spacial score (nSPS) is 27.0. The van der Waals surface area contributed by atoms with Crippen molar-refractivity contribution < 1.29 is 4.74 Å². The molecule has 2 aliphatic rings. The van der Waals surface area contributed by atoms with Crippen molar-refractivity contribution in [1.82, 2.24) is 14.5 Å². The Morgan fingerprint density at radius 2 is 2.32 bits per heavy atom. The average molecular weight is 340 g/mol. The van der Waals surface area contributed by atoms with Gasteiger partial charge in [0, 0.05) is 31.7 Å². The van der Waals surface area contributed by atoms with Gasteiger partial charge in [0.15, 0.2) is 0 Å². The maximum atomic E-state index is 6.34. The summed E-state index contributed by atoms with van der Waals surface area (Å²) < 4.78 is 8.45. The van der Waals surface area contributed by atoms with Crippen LogP contribution < -0.4 is 5.32 Å². The molecule has 2 aliphatic heterocycles. The molecule has 2 saturated heterocycles. The molecule has 1 aromatic heterocycles. The zero-order valence-electron chi connectivity index (χ0n) is 15.2. The number of anilines is 1. The van der Waals surface area contributed by atoms with Crippen LogP contribution in [0.4, 0.5) is 5.69 Å². The topological polar surface area (TPSA) is 42.3 Å². The molecule has 0 unspecified atom stereocenters. The third kappa shape index (κ3) is 3.72. The van der Waals surface area contributed by atoms with Gasteiger partial charge in [-0.15, -0.1) is 0 Å². The van der Waals surface area contributed by atoms with E-state index in [0.29, 0.717) is 6.04 Å². The highest BCUT2D eigenvalue weighted by Gasteiger charge is 2.43. The van der Waals surface area contributed by atoms with Crippen molar-refractivity contribution in [3.05, 3.63) is 48.0 Å². The summed E-state index contributed by atoms with van der Waals surface area (Å²) in [5.41, 5.74) is 2.49. The maximum Gasteiger partial charge on any atom is 0.122 e. The highest BCUT2D eigenvalue weighted by Crippen LogP contribution is 2.36. The van der Waals surface area contributed by atoms with Crippen molar-refractivity contribution in [1.29, 1.82) is 0 Å². The van der Waals surface area contributed by atoms with Crippen LogP contribution in [0.15, 0.2) is 36.7 Å². The number of rotatable bonds is 4. The smallest absolute Gasteiger partial charge is 0.122 e. The number of aromatic nitrogens is 2. The molecule has 0 bridgehead atoms. The summed E-state index contributed by atoms with van der Waals surface area (Å²) in [6.45, 7) is 5.98. The molecule has 25 heavy (non-hydrogen) atoms. The van der Waals surface area contributed by atoms with Crippen molar-refractivity contribution in [2.45, 2.75) is 44.4 Å². The van der Waals surface area contributed by atoms with Gasteiger partial charge in [0.05, 0.1) is 24.8 Å². The first-order valence-corrected chi connectivity index (χ1v) is 9.28. The summed E-state index contributed by atoms with van der Waals surface area (Å²) in [5.74, 6) is 1.13. The van der Waals surface area contributed by atoms with E-state index in [1.165, 1.54) is 17.7 Å². The summed E-state index contributed by atoms with van der Waals surface area (Å²) in [4.78, 5) is 6.97. The summed E-state index contributed by atoms with van der Waals surface area (Å²) in [6.07, 6.45) is 7.33. The number of piperidine rings is 1. The number of likely N-dealkylation sites (tertiary alicyclic amines) is 1. The molecule has 4 rings (SSSR count). The van der Waals surface area contributed by atoms with Crippen LogP contribution in [0.25, 0.3) is 0 Å². The molecule has 2 fully saturated rings. The van der Waals surface area contributed by atoms with Gasteiger partial charge in [0.2, 0.25) is 0 Å². The number of benzene rings is 1. The van der Waals surface area contributed by atoms with E-state index in [1.807, 2.05) is 12.4 Å². The summed E-state index contributed by atoms with van der Waals surface area (Å²) in [7, 11) is 2.07. The molecule has 0 saturated carbocycles. The number of ether oxygens (including phenoxy) is 1. The first-order valence-electron chi connectivity index (χ1n) is 9.28. The average Bonchev–Trinajstić information content (AvgIpc) is 3.15. The van der Waals surface area contributed by atoms with Gasteiger partial charge in [-0.1, -0.05) is 12.1 Å². The Hall–Kier alpha value is -1.85. The lowest BCUT2D eigenvalue weighted by Gasteiger charge is -2.39. The quantitative estimate of drug-likeness (QED) is 0.929. The second-order valence-electron chi connectivity index (χ2n) is 7.68. The number of aryl methyl sites for hydroxylation is 2. The Morgan fingerprint density at radius 3 is 3.12 bits per heavy atom. The van der Waals surface area contributed by atoms with Crippen molar-refractivity contribution in [3.8, 4) is 0 Å². The number of imidazole rings is 1. The predicted octanol–water partition coefficient (Wildman–Crippen LogP) is 2.96. The molecular weight excluding hydrogens is 312 g/mol. The third-order valence-electron chi connectivity index (χ3n) is 5.50. The second kappa shape index (κ2) is 6.81. The summed E-state index contributed by atoms with van der Waals surface area (Å²) in [5, 5.41) is 3.66. The molecule has 1 spiro atoms. The van der Waals surface area contributed by atoms with E-state index in [2.05, 4.69) is 58.0 Å². The molecule has 1 N–H and O–H groups in total. The standard InChI is InChI=1S/C20H28N4O/c1-16-5-3-6-17(11-16)22-18-12-20(25-14-18)7-4-9-24(15-20)13-19-21-8-10-23(19)2/h3,5-6,8,10-11,18,22H,4,7,9,12-15H2,1-2H3/t18-,20+/m0/s1. The van der Waals surface area contributed by atoms with Crippen molar-refractivity contribution in [2.75, 3.05) is 25.0 Å². The number of nitrogens with zero attached hydrogens (tertiary/aromatic N) is 3. The maximum absolute atomic E-state index is 6.34. The largest absolute Gasteiger partial charge is 0.380 e. The first kappa shape index (κ1) is 16.6. The molecule has 0 amide bonds. The van der Waals surface area contributed by atoms with E-state index < -0.39 is 0 Å². The van der Waals surface area contributed by atoms with Crippen LogP contribution in [-0.2, 0) is 18.3 Å². The van der Waals surface area contributed by atoms with Crippen molar-refractivity contribution >= 4 is 5.69 Å². The minimum Gasteiger partial charge on any atom is -0.380 e. The van der Waals surface area contributed by atoms with E-state index in [0.717, 1.165) is 44.9 Å². The van der Waals surface area contributed by atoms with Crippen LogP contribution >= 0.6 is 0 Å². The Labute approximate surface area is 150 Å². The van der Waals surface area contributed by atoms with E-state index in [1.54, 1.807) is 0 Å². The minimum absolute atomic E-state index is 0.00487. The number of nitrogens with one attached hydrogen (secondary N) is 1. The molecule has 2 aromatic rings. The minimum atomic E-state index is 0.00487. The lowest BCUT2D eigenvalue weighted by molar-refractivity contribution is -0.0539. The SMILES string of the molecule is Cc1cccc(N[C@@H]2CO[C@]3(CCCN(Cc4nccn4C)C3)C2)c1. The molecule has 5 heteroatoms. The van der Waals surface area contributed by atoms with Crippen LogP contribution in [-0.4, -0.2) is 45.8 Å². The van der Waals surface area contributed by atoms with Crippen LogP contribution in [0.1, 0.15) is 30.7 Å². The fourth-order valence-electron chi connectivity index (χ4n) is 4.27. The van der Waals surface area contributed by atoms with Crippen LogP contribution in [0, 0.1) is 6.92 Å². The van der Waals surface area contributed by atoms with Crippen LogP contribution in [0.2, 0.25) is 0 Å². The molecular formula is C20H28N4O. The van der Waals surface area contributed by atoms with Crippen LogP contribution in [0.5, 0.6) is 0 Å². The molecule has 2 atom stereocenters. The predicted molar refractivity (Wildman–Crippen MR) is 99.6 cm³/mol. The number of hydrogen-bond donors (Lipinski definition) is 1. The Morgan fingerprint density at radius 1 is 1.40 bits per heavy atom. The lowest BCUT2D eigenvalue weighted by Crippen LogP contribution is -2.48. The monoisotopic (exact) mass is 340 g/mol. The van der Waals surface area contributed by atoms with Gasteiger partial charge in [-0.25, -0.2) is 4.98 Å². The highest BCUT2D eigenvalue weighted by atomic mass is 16.5. The van der Waals surface area contributed by atoms with Crippen molar-refractivity contribution in [3.63, 3.8) is 0 Å². The first-order chi connectivity index (χ1) is 12.1. The lowest BCUT2D eigenvalue weighted by atomic mass is 9.88.